The molecule has 0 radical (unpaired) electrons. The lowest BCUT2D eigenvalue weighted by Crippen LogP contribution is -2.52. The number of hydrogen-bond donors (Lipinski definition) is 1. The van der Waals surface area contributed by atoms with Crippen LogP contribution in [-0.4, -0.2) is 67.8 Å². The maximum atomic E-state index is 11.5. The van der Waals surface area contributed by atoms with Crippen molar-refractivity contribution in [1.82, 2.24) is 19.6 Å². The van der Waals surface area contributed by atoms with E-state index in [4.69, 9.17) is 0 Å². The van der Waals surface area contributed by atoms with Gasteiger partial charge in [0.2, 0.25) is 10.0 Å². The van der Waals surface area contributed by atoms with Crippen molar-refractivity contribution in [2.24, 2.45) is 0 Å². The number of aryl methyl sites for hydroxylation is 1. The average molecular weight is 341 g/mol. The molecular formula is C15H27N5O2S. The zero-order valence-corrected chi connectivity index (χ0v) is 15.0. The zero-order chi connectivity index (χ0) is 16.9. The monoisotopic (exact) mass is 341 g/mol. The summed E-state index contributed by atoms with van der Waals surface area (Å²) in [4.78, 5) is 13.2. The van der Waals surface area contributed by atoms with Crippen LogP contribution < -0.4 is 9.62 Å². The van der Waals surface area contributed by atoms with Gasteiger partial charge in [-0.25, -0.2) is 23.1 Å². The average Bonchev–Trinajstić information content (AvgIpc) is 2.60. The highest BCUT2D eigenvalue weighted by molar-refractivity contribution is 7.89. The van der Waals surface area contributed by atoms with E-state index in [0.29, 0.717) is 6.54 Å². The molecule has 0 aromatic carbocycles. The minimum atomic E-state index is -3.12. The number of nitrogens with zero attached hydrogens (tertiary/aromatic N) is 4. The Kier molecular flexibility index (Phi) is 6.32. The molecule has 1 aliphatic heterocycles. The normalized spacial score (nSPS) is 18.1. The summed E-state index contributed by atoms with van der Waals surface area (Å²) in [5.41, 5.74) is 1.06. The van der Waals surface area contributed by atoms with Gasteiger partial charge < -0.3 is 4.90 Å². The Labute approximate surface area is 139 Å². The van der Waals surface area contributed by atoms with Gasteiger partial charge in [-0.1, -0.05) is 6.92 Å². The molecule has 1 unspecified atom stereocenters. The summed E-state index contributed by atoms with van der Waals surface area (Å²) in [6, 6.07) is 2.24. The van der Waals surface area contributed by atoms with Crippen LogP contribution in [0.25, 0.3) is 0 Å². The third-order valence-corrected chi connectivity index (χ3v) is 5.68. The van der Waals surface area contributed by atoms with Crippen molar-refractivity contribution in [3.63, 3.8) is 0 Å². The van der Waals surface area contributed by atoms with Gasteiger partial charge in [0.1, 0.15) is 12.1 Å². The Balaban J connectivity index is 1.85. The van der Waals surface area contributed by atoms with E-state index < -0.39 is 10.0 Å². The molecule has 7 nitrogen and oxygen atoms in total. The number of sulfonamides is 1. The lowest BCUT2D eigenvalue weighted by Gasteiger charge is -2.38. The third-order valence-electron chi connectivity index (χ3n) is 4.31. The summed E-state index contributed by atoms with van der Waals surface area (Å²) in [6.45, 7) is 9.86. The molecule has 1 N–H and O–H groups in total. The van der Waals surface area contributed by atoms with Gasteiger partial charge in [0.05, 0.1) is 5.75 Å². The van der Waals surface area contributed by atoms with Crippen molar-refractivity contribution >= 4 is 15.8 Å². The van der Waals surface area contributed by atoms with Gasteiger partial charge in [0, 0.05) is 50.5 Å². The van der Waals surface area contributed by atoms with E-state index in [1.54, 1.807) is 13.3 Å². The Hall–Kier alpha value is -1.25. The smallest absolute Gasteiger partial charge is 0.211 e. The molecule has 8 heteroatoms. The zero-order valence-electron chi connectivity index (χ0n) is 14.2. The van der Waals surface area contributed by atoms with Crippen LogP contribution in [0, 0.1) is 0 Å². The van der Waals surface area contributed by atoms with Crippen molar-refractivity contribution in [2.45, 2.75) is 33.2 Å². The number of nitrogens with one attached hydrogen (secondary N) is 1. The van der Waals surface area contributed by atoms with Crippen molar-refractivity contribution in [2.75, 3.05) is 43.4 Å². The van der Waals surface area contributed by atoms with Gasteiger partial charge in [-0.3, -0.25) is 4.90 Å². The lowest BCUT2D eigenvalue weighted by molar-refractivity contribution is 0.198. The van der Waals surface area contributed by atoms with Crippen molar-refractivity contribution in [1.29, 1.82) is 0 Å². The first kappa shape index (κ1) is 18.1. The highest BCUT2D eigenvalue weighted by Crippen LogP contribution is 2.15. The van der Waals surface area contributed by atoms with Crippen LogP contribution in [-0.2, 0) is 16.4 Å². The number of piperazine rings is 1. The molecular weight excluding hydrogens is 314 g/mol. The topological polar surface area (TPSA) is 78.4 Å². The fourth-order valence-electron chi connectivity index (χ4n) is 2.62. The first-order valence-corrected chi connectivity index (χ1v) is 9.87. The molecule has 130 valence electrons. The van der Waals surface area contributed by atoms with E-state index in [1.165, 1.54) is 0 Å². The maximum absolute atomic E-state index is 11.5. The van der Waals surface area contributed by atoms with Crippen LogP contribution in [0.2, 0.25) is 0 Å². The molecule has 1 aliphatic rings. The summed E-state index contributed by atoms with van der Waals surface area (Å²) in [5, 5.41) is 0. The van der Waals surface area contributed by atoms with Crippen LogP contribution in [0.5, 0.6) is 0 Å². The minimum Gasteiger partial charge on any atom is -0.354 e. The summed E-state index contributed by atoms with van der Waals surface area (Å²) in [6.07, 6.45) is 2.53. The lowest BCUT2D eigenvalue weighted by atomic mass is 10.2. The molecule has 1 atom stereocenters. The molecule has 0 amide bonds. The fourth-order valence-corrected chi connectivity index (χ4v) is 3.32. The standard InChI is InChI=1S/C15H27N5O2S/c1-4-14-10-15(17-12-16-14)20-8-6-19(7-9-20)13(3)11-18-23(21,22)5-2/h10,12-13,18H,4-9,11H2,1-3H3. The molecule has 0 spiro atoms. The highest BCUT2D eigenvalue weighted by Gasteiger charge is 2.22. The largest absolute Gasteiger partial charge is 0.354 e. The Bertz CT molecular complexity index is 600. The summed E-state index contributed by atoms with van der Waals surface area (Å²) in [5.74, 6) is 1.11. The molecule has 0 saturated carbocycles. The maximum Gasteiger partial charge on any atom is 0.211 e. The number of anilines is 1. The molecule has 23 heavy (non-hydrogen) atoms. The number of hydrogen-bond acceptors (Lipinski definition) is 6. The van der Waals surface area contributed by atoms with Gasteiger partial charge in [-0.05, 0) is 20.3 Å². The predicted molar refractivity (Wildman–Crippen MR) is 92.1 cm³/mol. The van der Waals surface area contributed by atoms with Crippen LogP contribution in [0.1, 0.15) is 26.5 Å². The van der Waals surface area contributed by atoms with Crippen LogP contribution in [0.3, 0.4) is 0 Å². The van der Waals surface area contributed by atoms with Gasteiger partial charge in [0.25, 0.3) is 0 Å². The summed E-state index contributed by atoms with van der Waals surface area (Å²) in [7, 11) is -3.12. The van der Waals surface area contributed by atoms with E-state index in [-0.39, 0.29) is 11.8 Å². The second-order valence-electron chi connectivity index (χ2n) is 5.85. The first-order chi connectivity index (χ1) is 10.9. The Morgan fingerprint density at radius 2 is 1.91 bits per heavy atom. The Morgan fingerprint density at radius 3 is 2.52 bits per heavy atom. The van der Waals surface area contributed by atoms with E-state index in [0.717, 1.165) is 44.1 Å². The van der Waals surface area contributed by atoms with Crippen LogP contribution in [0.15, 0.2) is 12.4 Å². The van der Waals surface area contributed by atoms with Crippen LogP contribution >= 0.6 is 0 Å². The Morgan fingerprint density at radius 1 is 1.22 bits per heavy atom. The summed E-state index contributed by atoms with van der Waals surface area (Å²) >= 11 is 0. The molecule has 0 aliphatic carbocycles. The van der Waals surface area contributed by atoms with Gasteiger partial charge in [0.15, 0.2) is 0 Å². The molecule has 0 bridgehead atoms. The quantitative estimate of drug-likeness (QED) is 0.778. The number of aromatic nitrogens is 2. The summed E-state index contributed by atoms with van der Waals surface area (Å²) < 4.78 is 25.7. The fraction of sp³-hybridized carbons (Fsp3) is 0.733. The second kappa shape index (κ2) is 8.03. The molecule has 2 rings (SSSR count). The molecule has 1 saturated heterocycles. The van der Waals surface area contributed by atoms with Gasteiger partial charge >= 0.3 is 0 Å². The molecule has 2 heterocycles. The second-order valence-corrected chi connectivity index (χ2v) is 7.94. The van der Waals surface area contributed by atoms with Crippen molar-refractivity contribution < 1.29 is 8.42 Å². The molecule has 1 aromatic heterocycles. The molecule has 1 aromatic rings. The predicted octanol–water partition coefficient (Wildman–Crippen LogP) is 0.489. The van der Waals surface area contributed by atoms with E-state index in [2.05, 4.69) is 44.4 Å². The van der Waals surface area contributed by atoms with E-state index in [1.807, 2.05) is 0 Å². The third kappa shape index (κ3) is 5.12. The molecule has 1 fully saturated rings. The van der Waals surface area contributed by atoms with Crippen LogP contribution in [0.4, 0.5) is 5.82 Å². The van der Waals surface area contributed by atoms with Crippen molar-refractivity contribution in [3.8, 4) is 0 Å². The van der Waals surface area contributed by atoms with Crippen molar-refractivity contribution in [3.05, 3.63) is 18.1 Å². The number of rotatable bonds is 7. The van der Waals surface area contributed by atoms with E-state index in [9.17, 15) is 8.42 Å². The van der Waals surface area contributed by atoms with Gasteiger partial charge in [-0.2, -0.15) is 0 Å². The first-order valence-electron chi connectivity index (χ1n) is 8.22. The van der Waals surface area contributed by atoms with Gasteiger partial charge in [-0.15, -0.1) is 0 Å². The SMILES string of the molecule is CCc1cc(N2CCN(C(C)CNS(=O)(=O)CC)CC2)ncn1. The van der Waals surface area contributed by atoms with E-state index >= 15 is 0 Å². The highest BCUT2D eigenvalue weighted by atomic mass is 32.2. The minimum absolute atomic E-state index is 0.126.